The monoisotopic (exact) mass is 287 g/mol. The Hall–Kier alpha value is -1.60. The Morgan fingerprint density at radius 3 is 2.21 bits per heavy atom. The number of carboxylic acid groups (broad SMARTS) is 1. The molecule has 0 unspecified atom stereocenters. The summed E-state index contributed by atoms with van der Waals surface area (Å²) in [5, 5.41) is 18.4. The number of sulfonamides is 1. The molecule has 0 fully saturated rings. The van der Waals surface area contributed by atoms with Gasteiger partial charge in [-0.05, 0) is 24.6 Å². The Morgan fingerprint density at radius 1 is 1.26 bits per heavy atom. The zero-order chi connectivity index (χ0) is 14.8. The van der Waals surface area contributed by atoms with Gasteiger partial charge < -0.3 is 10.2 Å². The Kier molecular flexibility index (Phi) is 4.54. The average Bonchev–Trinajstić information content (AvgIpc) is 2.29. The first-order valence-electron chi connectivity index (χ1n) is 5.82. The van der Waals surface area contributed by atoms with Gasteiger partial charge in [0.25, 0.3) is 0 Å². The van der Waals surface area contributed by atoms with E-state index < -0.39 is 27.3 Å². The number of aromatic carboxylic acids is 1. The van der Waals surface area contributed by atoms with Crippen LogP contribution in [0, 0.1) is 6.92 Å². The minimum atomic E-state index is -3.75. The van der Waals surface area contributed by atoms with Crippen molar-refractivity contribution in [1.82, 2.24) is 4.31 Å². The van der Waals surface area contributed by atoms with Crippen LogP contribution in [0.15, 0.2) is 17.0 Å². The summed E-state index contributed by atoms with van der Waals surface area (Å²) in [5.41, 5.74) is -0.106. The predicted octanol–water partition coefficient (Wildman–Crippen LogP) is 1.43. The van der Waals surface area contributed by atoms with Gasteiger partial charge in [0.2, 0.25) is 10.0 Å². The summed E-state index contributed by atoms with van der Waals surface area (Å²) in [6.45, 7) is 5.51. The largest absolute Gasteiger partial charge is 0.507 e. The van der Waals surface area contributed by atoms with Gasteiger partial charge in [-0.2, -0.15) is 4.31 Å². The highest BCUT2D eigenvalue weighted by molar-refractivity contribution is 7.89. The first-order chi connectivity index (χ1) is 8.75. The quantitative estimate of drug-likeness (QED) is 0.854. The van der Waals surface area contributed by atoms with E-state index in [9.17, 15) is 18.3 Å². The molecule has 0 aliphatic rings. The number of rotatable bonds is 5. The lowest BCUT2D eigenvalue weighted by Gasteiger charge is -2.20. The van der Waals surface area contributed by atoms with E-state index in [4.69, 9.17) is 5.11 Å². The molecule has 0 saturated carbocycles. The van der Waals surface area contributed by atoms with Crippen LogP contribution in [0.2, 0.25) is 0 Å². The fourth-order valence-corrected chi connectivity index (χ4v) is 3.52. The number of benzene rings is 1. The zero-order valence-corrected chi connectivity index (χ0v) is 11.9. The number of hydrogen-bond donors (Lipinski definition) is 2. The lowest BCUT2D eigenvalue weighted by Crippen LogP contribution is -2.31. The molecule has 7 heteroatoms. The van der Waals surface area contributed by atoms with Crippen molar-refractivity contribution in [2.24, 2.45) is 0 Å². The van der Waals surface area contributed by atoms with Crippen molar-refractivity contribution in [2.75, 3.05) is 13.1 Å². The molecule has 6 nitrogen and oxygen atoms in total. The molecule has 0 heterocycles. The maximum atomic E-state index is 12.4. The van der Waals surface area contributed by atoms with Crippen LogP contribution in [0.3, 0.4) is 0 Å². The molecular weight excluding hydrogens is 270 g/mol. The smallest absolute Gasteiger partial charge is 0.339 e. The van der Waals surface area contributed by atoms with Gasteiger partial charge >= 0.3 is 5.97 Å². The van der Waals surface area contributed by atoms with E-state index in [-0.39, 0.29) is 4.90 Å². The number of carbonyl (C=O) groups is 1. The normalized spacial score (nSPS) is 11.8. The molecule has 0 atom stereocenters. The van der Waals surface area contributed by atoms with Gasteiger partial charge in [-0.25, -0.2) is 13.2 Å². The third-order valence-electron chi connectivity index (χ3n) is 2.85. The Morgan fingerprint density at radius 2 is 1.79 bits per heavy atom. The highest BCUT2D eigenvalue weighted by Crippen LogP contribution is 2.27. The summed E-state index contributed by atoms with van der Waals surface area (Å²) >= 11 is 0. The number of aromatic hydroxyl groups is 1. The van der Waals surface area contributed by atoms with Crippen molar-refractivity contribution in [3.63, 3.8) is 0 Å². The first-order valence-corrected chi connectivity index (χ1v) is 7.26. The van der Waals surface area contributed by atoms with E-state index in [0.29, 0.717) is 18.7 Å². The lowest BCUT2D eigenvalue weighted by atomic mass is 10.1. The zero-order valence-electron chi connectivity index (χ0n) is 11.0. The molecule has 106 valence electrons. The van der Waals surface area contributed by atoms with Crippen molar-refractivity contribution in [1.29, 1.82) is 0 Å². The van der Waals surface area contributed by atoms with Crippen molar-refractivity contribution in [3.05, 3.63) is 23.3 Å². The third-order valence-corrected chi connectivity index (χ3v) is 5.04. The third kappa shape index (κ3) is 2.87. The predicted molar refractivity (Wildman–Crippen MR) is 69.9 cm³/mol. The fraction of sp³-hybridized carbons (Fsp3) is 0.417. The summed E-state index contributed by atoms with van der Waals surface area (Å²) in [4.78, 5) is 10.9. The molecule has 0 aliphatic carbocycles. The van der Waals surface area contributed by atoms with E-state index in [1.54, 1.807) is 13.8 Å². The Labute approximate surface area is 112 Å². The van der Waals surface area contributed by atoms with Crippen LogP contribution in [0.4, 0.5) is 0 Å². The minimum absolute atomic E-state index is 0.0913. The molecule has 0 bridgehead atoms. The van der Waals surface area contributed by atoms with E-state index >= 15 is 0 Å². The summed E-state index contributed by atoms with van der Waals surface area (Å²) in [6.07, 6.45) is 0. The maximum absolute atomic E-state index is 12.4. The van der Waals surface area contributed by atoms with E-state index in [1.807, 2.05) is 0 Å². The van der Waals surface area contributed by atoms with Crippen LogP contribution in [-0.2, 0) is 10.0 Å². The second kappa shape index (κ2) is 5.58. The highest BCUT2D eigenvalue weighted by atomic mass is 32.2. The van der Waals surface area contributed by atoms with Crippen molar-refractivity contribution >= 4 is 16.0 Å². The van der Waals surface area contributed by atoms with E-state index in [1.165, 1.54) is 11.2 Å². The average molecular weight is 287 g/mol. The molecule has 0 aromatic heterocycles. The second-order valence-electron chi connectivity index (χ2n) is 4.03. The molecule has 0 saturated heterocycles. The SMILES string of the molecule is CCN(CC)S(=O)(=O)c1cc(C(=O)O)c(O)cc1C. The molecule has 0 spiro atoms. The van der Waals surface area contributed by atoms with Gasteiger partial charge in [-0.15, -0.1) is 0 Å². The van der Waals surface area contributed by atoms with Crippen molar-refractivity contribution in [3.8, 4) is 5.75 Å². The van der Waals surface area contributed by atoms with Gasteiger partial charge in [0.05, 0.1) is 4.90 Å². The van der Waals surface area contributed by atoms with E-state index in [2.05, 4.69) is 0 Å². The summed E-state index contributed by atoms with van der Waals surface area (Å²) in [7, 11) is -3.75. The Bertz CT molecular complexity index is 590. The molecule has 1 rings (SSSR count). The van der Waals surface area contributed by atoms with Gasteiger partial charge in [0.15, 0.2) is 0 Å². The molecular formula is C12H17NO5S. The summed E-state index contributed by atoms with van der Waals surface area (Å²) in [5.74, 6) is -1.81. The molecule has 1 aromatic rings. The standard InChI is InChI=1S/C12H17NO5S/c1-4-13(5-2)19(17,18)11-7-9(12(15)16)10(14)6-8(11)3/h6-7,14H,4-5H2,1-3H3,(H,15,16). The maximum Gasteiger partial charge on any atom is 0.339 e. The van der Waals surface area contributed by atoms with Crippen LogP contribution < -0.4 is 0 Å². The summed E-state index contributed by atoms with van der Waals surface area (Å²) in [6, 6.07) is 2.15. The van der Waals surface area contributed by atoms with Crippen LogP contribution >= 0.6 is 0 Å². The number of phenols is 1. The molecule has 2 N–H and O–H groups in total. The van der Waals surface area contributed by atoms with Crippen LogP contribution in [0.5, 0.6) is 5.75 Å². The van der Waals surface area contributed by atoms with Gasteiger partial charge in [0, 0.05) is 13.1 Å². The van der Waals surface area contributed by atoms with Gasteiger partial charge in [-0.1, -0.05) is 13.8 Å². The van der Waals surface area contributed by atoms with Gasteiger partial charge in [0.1, 0.15) is 11.3 Å². The van der Waals surface area contributed by atoms with Crippen molar-refractivity contribution in [2.45, 2.75) is 25.7 Å². The minimum Gasteiger partial charge on any atom is -0.507 e. The van der Waals surface area contributed by atoms with Crippen LogP contribution in [-0.4, -0.2) is 42.0 Å². The van der Waals surface area contributed by atoms with Crippen LogP contribution in [0.25, 0.3) is 0 Å². The molecule has 0 radical (unpaired) electrons. The number of nitrogens with zero attached hydrogens (tertiary/aromatic N) is 1. The number of carboxylic acids is 1. The van der Waals surface area contributed by atoms with Crippen molar-refractivity contribution < 1.29 is 23.4 Å². The lowest BCUT2D eigenvalue weighted by molar-refractivity contribution is 0.0693. The second-order valence-corrected chi connectivity index (χ2v) is 5.94. The topological polar surface area (TPSA) is 94.9 Å². The number of aryl methyl sites for hydroxylation is 1. The molecule has 0 amide bonds. The van der Waals surface area contributed by atoms with Gasteiger partial charge in [-0.3, -0.25) is 0 Å². The first kappa shape index (κ1) is 15.5. The number of hydrogen-bond acceptors (Lipinski definition) is 4. The van der Waals surface area contributed by atoms with Crippen LogP contribution in [0.1, 0.15) is 29.8 Å². The fourth-order valence-electron chi connectivity index (χ4n) is 1.82. The Balaban J connectivity index is 3.51. The molecule has 0 aliphatic heterocycles. The molecule has 19 heavy (non-hydrogen) atoms. The van der Waals surface area contributed by atoms with E-state index in [0.717, 1.165) is 12.1 Å². The summed E-state index contributed by atoms with van der Waals surface area (Å²) < 4.78 is 25.9. The molecule has 1 aromatic carbocycles. The highest BCUT2D eigenvalue weighted by Gasteiger charge is 2.26.